The normalized spacial score (nSPS) is 16.7. The molecule has 0 aromatic heterocycles. The predicted octanol–water partition coefficient (Wildman–Crippen LogP) is 6.99. The number of aryl methyl sites for hydroxylation is 1. The van der Waals surface area contributed by atoms with E-state index in [0.29, 0.717) is 0 Å². The molecule has 141 valence electrons. The van der Waals surface area contributed by atoms with E-state index >= 15 is 0 Å². The largest absolute Gasteiger partial charge is 0.381 e. The molecule has 2 heteroatoms. The predicted molar refractivity (Wildman–Crippen MR) is 120 cm³/mol. The summed E-state index contributed by atoms with van der Waals surface area (Å²) in [6.45, 7) is 9.31. The minimum Gasteiger partial charge on any atom is -0.381 e. The maximum absolute atomic E-state index is 3.67. The summed E-state index contributed by atoms with van der Waals surface area (Å²) >= 11 is 0. The van der Waals surface area contributed by atoms with Crippen LogP contribution in [0.1, 0.15) is 49.8 Å². The molecule has 0 fully saturated rings. The number of allylic oxidation sites excluding steroid dienone is 2. The Balaban J connectivity index is 1.85. The molecule has 0 amide bonds. The molecule has 27 heavy (non-hydrogen) atoms. The van der Waals surface area contributed by atoms with Crippen LogP contribution < -0.4 is 5.32 Å². The van der Waals surface area contributed by atoms with Crippen LogP contribution in [0.25, 0.3) is 11.1 Å². The first-order chi connectivity index (χ1) is 13.1. The van der Waals surface area contributed by atoms with Crippen molar-refractivity contribution >= 4 is 8.80 Å². The molecule has 1 aliphatic rings. The third-order valence-electron chi connectivity index (χ3n) is 5.42. The van der Waals surface area contributed by atoms with Gasteiger partial charge in [0.05, 0.1) is 14.8 Å². The van der Waals surface area contributed by atoms with Crippen LogP contribution in [0, 0.1) is 6.92 Å². The Morgan fingerprint density at radius 1 is 0.963 bits per heavy atom. The summed E-state index contributed by atoms with van der Waals surface area (Å²) in [6.07, 6.45) is 9.92. The highest BCUT2D eigenvalue weighted by Gasteiger charge is 2.20. The lowest BCUT2D eigenvalue weighted by atomic mass is 9.93. The lowest BCUT2D eigenvalue weighted by Gasteiger charge is -2.27. The van der Waals surface area contributed by atoms with Crippen molar-refractivity contribution in [3.8, 4) is 11.1 Å². The lowest BCUT2D eigenvalue weighted by Crippen LogP contribution is -2.24. The van der Waals surface area contributed by atoms with Gasteiger partial charge in [-0.2, -0.15) is 0 Å². The number of dihydropyridines is 1. The fourth-order valence-corrected chi connectivity index (χ4v) is 5.09. The van der Waals surface area contributed by atoms with E-state index in [9.17, 15) is 0 Å². The van der Waals surface area contributed by atoms with Crippen LogP contribution in [0.15, 0.2) is 71.6 Å². The molecule has 0 bridgehead atoms. The van der Waals surface area contributed by atoms with E-state index in [1.54, 1.807) is 10.8 Å². The summed E-state index contributed by atoms with van der Waals surface area (Å²) in [5.74, 6) is 0. The zero-order chi connectivity index (χ0) is 19.2. The maximum Gasteiger partial charge on any atom is 0.0814 e. The number of rotatable bonds is 7. The topological polar surface area (TPSA) is 12.0 Å². The van der Waals surface area contributed by atoms with E-state index in [-0.39, 0.29) is 6.04 Å². The smallest absolute Gasteiger partial charge is 0.0814 e. The van der Waals surface area contributed by atoms with Gasteiger partial charge in [-0.3, -0.25) is 0 Å². The standard InChI is InChI=1S/C25H32NSi/c1-5-6-8-13-22-17-24(26-18-25(22)27(3)4)23-15-14-21(16-19(23)2)20-11-9-7-10-12-20/h7,9-12,14-18,24,26H,5-6,8,13H2,1-4H3. The first kappa shape index (κ1) is 19.7. The highest BCUT2D eigenvalue weighted by Crippen LogP contribution is 2.32. The average Bonchev–Trinajstić information content (AvgIpc) is 2.68. The summed E-state index contributed by atoms with van der Waals surface area (Å²) in [7, 11) is -0.447. The molecule has 1 aliphatic heterocycles. The Bertz CT molecular complexity index is 817. The Kier molecular flexibility index (Phi) is 6.73. The van der Waals surface area contributed by atoms with Crippen LogP contribution in [-0.2, 0) is 0 Å². The van der Waals surface area contributed by atoms with Crippen molar-refractivity contribution in [1.82, 2.24) is 5.32 Å². The zero-order valence-electron chi connectivity index (χ0n) is 17.2. The van der Waals surface area contributed by atoms with Crippen molar-refractivity contribution in [3.63, 3.8) is 0 Å². The quantitative estimate of drug-likeness (QED) is 0.407. The molecule has 1 radical (unpaired) electrons. The van der Waals surface area contributed by atoms with Gasteiger partial charge in [0.1, 0.15) is 0 Å². The second kappa shape index (κ2) is 9.23. The van der Waals surface area contributed by atoms with Crippen LogP contribution in [0.4, 0.5) is 0 Å². The lowest BCUT2D eigenvalue weighted by molar-refractivity contribution is 0.687. The van der Waals surface area contributed by atoms with Gasteiger partial charge in [-0.05, 0) is 59.0 Å². The molecule has 0 aliphatic carbocycles. The molecule has 1 heterocycles. The molecular formula is C25H32NSi. The summed E-state index contributed by atoms with van der Waals surface area (Å²) < 4.78 is 0. The van der Waals surface area contributed by atoms with Crippen LogP contribution in [0.3, 0.4) is 0 Å². The van der Waals surface area contributed by atoms with Crippen molar-refractivity contribution in [3.05, 3.63) is 82.7 Å². The van der Waals surface area contributed by atoms with E-state index in [0.717, 1.165) is 0 Å². The molecular weight excluding hydrogens is 342 g/mol. The van der Waals surface area contributed by atoms with E-state index in [2.05, 4.69) is 93.1 Å². The van der Waals surface area contributed by atoms with Gasteiger partial charge in [0, 0.05) is 0 Å². The molecule has 0 saturated heterocycles. The highest BCUT2D eigenvalue weighted by atomic mass is 28.3. The number of hydrogen-bond acceptors (Lipinski definition) is 1. The van der Waals surface area contributed by atoms with Crippen LogP contribution in [0.5, 0.6) is 0 Å². The molecule has 2 aromatic carbocycles. The van der Waals surface area contributed by atoms with Crippen LogP contribution >= 0.6 is 0 Å². The van der Waals surface area contributed by atoms with Crippen molar-refractivity contribution in [2.75, 3.05) is 0 Å². The minimum atomic E-state index is -0.447. The van der Waals surface area contributed by atoms with Gasteiger partial charge in [-0.15, -0.1) is 0 Å². The minimum absolute atomic E-state index is 0.288. The molecule has 3 rings (SSSR count). The fraction of sp³-hybridized carbons (Fsp3) is 0.360. The van der Waals surface area contributed by atoms with Crippen LogP contribution in [0.2, 0.25) is 13.1 Å². The Labute approximate surface area is 166 Å². The second-order valence-electron chi connectivity index (χ2n) is 7.79. The molecule has 1 nitrogen and oxygen atoms in total. The molecule has 1 N–H and O–H groups in total. The molecule has 1 atom stereocenters. The van der Waals surface area contributed by atoms with Crippen molar-refractivity contribution < 1.29 is 0 Å². The van der Waals surface area contributed by atoms with Gasteiger partial charge in [0.2, 0.25) is 0 Å². The Morgan fingerprint density at radius 3 is 2.41 bits per heavy atom. The monoisotopic (exact) mass is 374 g/mol. The number of benzene rings is 2. The van der Waals surface area contributed by atoms with E-state index < -0.39 is 8.80 Å². The van der Waals surface area contributed by atoms with Crippen molar-refractivity contribution in [2.45, 2.75) is 58.7 Å². The van der Waals surface area contributed by atoms with E-state index in [1.165, 1.54) is 47.9 Å². The first-order valence-electron chi connectivity index (χ1n) is 10.2. The summed E-state index contributed by atoms with van der Waals surface area (Å²) in [5.41, 5.74) is 6.90. The maximum atomic E-state index is 3.67. The van der Waals surface area contributed by atoms with Gasteiger partial charge < -0.3 is 5.32 Å². The highest BCUT2D eigenvalue weighted by molar-refractivity contribution is 6.65. The van der Waals surface area contributed by atoms with Crippen molar-refractivity contribution in [2.24, 2.45) is 0 Å². The van der Waals surface area contributed by atoms with Crippen molar-refractivity contribution in [1.29, 1.82) is 0 Å². The van der Waals surface area contributed by atoms with Gasteiger partial charge in [-0.25, -0.2) is 0 Å². The molecule has 0 saturated carbocycles. The third kappa shape index (κ3) is 4.81. The summed E-state index contributed by atoms with van der Waals surface area (Å²) in [6, 6.07) is 17.8. The Hall–Kier alpha value is -2.06. The average molecular weight is 375 g/mol. The first-order valence-corrected chi connectivity index (χ1v) is 12.7. The van der Waals surface area contributed by atoms with E-state index in [4.69, 9.17) is 0 Å². The molecule has 2 aromatic rings. The van der Waals surface area contributed by atoms with Gasteiger partial charge in [-0.1, -0.05) is 87.5 Å². The van der Waals surface area contributed by atoms with Gasteiger partial charge in [0.25, 0.3) is 0 Å². The third-order valence-corrected chi connectivity index (χ3v) is 6.96. The van der Waals surface area contributed by atoms with Gasteiger partial charge in [0.15, 0.2) is 0 Å². The van der Waals surface area contributed by atoms with Crippen LogP contribution in [-0.4, -0.2) is 8.80 Å². The number of unbranched alkanes of at least 4 members (excludes halogenated alkanes) is 2. The SMILES string of the molecule is CCCCCC1=CC(c2ccc(-c3ccccc3)cc2C)NC=C1[Si](C)C. The molecule has 1 unspecified atom stereocenters. The van der Waals surface area contributed by atoms with E-state index in [1.807, 2.05) is 0 Å². The summed E-state index contributed by atoms with van der Waals surface area (Å²) in [5, 5.41) is 5.25. The summed E-state index contributed by atoms with van der Waals surface area (Å²) in [4.78, 5) is 0. The Morgan fingerprint density at radius 2 is 1.74 bits per heavy atom. The zero-order valence-corrected chi connectivity index (χ0v) is 18.2. The molecule has 0 spiro atoms. The number of hydrogen-bond donors (Lipinski definition) is 1. The second-order valence-corrected chi connectivity index (χ2v) is 10.3. The number of nitrogens with one attached hydrogen (secondary N) is 1. The fourth-order valence-electron chi connectivity index (χ4n) is 3.87. The van der Waals surface area contributed by atoms with Gasteiger partial charge >= 0.3 is 0 Å².